The van der Waals surface area contributed by atoms with Gasteiger partial charge in [-0.1, -0.05) is 78.9 Å². The Bertz CT molecular complexity index is 1210. The zero-order valence-corrected chi connectivity index (χ0v) is 27.7. The van der Waals surface area contributed by atoms with Crippen molar-refractivity contribution in [1.29, 1.82) is 0 Å². The Kier molecular flexibility index (Phi) is 9.99. The average Bonchev–Trinajstić information content (AvgIpc) is 3.62. The minimum absolute atomic E-state index is 0.0252. The van der Waals surface area contributed by atoms with Crippen molar-refractivity contribution >= 4 is 8.32 Å². The second kappa shape index (κ2) is 13.8. The molecule has 1 spiro atoms. The molecule has 2 aromatic rings. The second-order valence-corrected chi connectivity index (χ2v) is 18.9. The highest BCUT2D eigenvalue weighted by atomic mass is 28.4. The van der Waals surface area contributed by atoms with Gasteiger partial charge in [-0.05, 0) is 74.7 Å². The van der Waals surface area contributed by atoms with Gasteiger partial charge in [-0.15, -0.1) is 0 Å². The quantitative estimate of drug-likeness (QED) is 0.232. The lowest BCUT2D eigenvalue weighted by Gasteiger charge is -2.38. The van der Waals surface area contributed by atoms with E-state index in [0.717, 1.165) is 36.8 Å². The van der Waals surface area contributed by atoms with Crippen LogP contribution >= 0.6 is 0 Å². The molecule has 2 aromatic carbocycles. The second-order valence-electron chi connectivity index (χ2n) is 14.4. The Morgan fingerprint density at radius 3 is 1.91 bits per heavy atom. The molecular formula is C37H50O6Si. The number of fused-ring (bicyclic) bond motifs is 1. The van der Waals surface area contributed by atoms with Crippen molar-refractivity contribution in [1.82, 2.24) is 0 Å². The van der Waals surface area contributed by atoms with Crippen molar-refractivity contribution in [3.05, 3.63) is 71.8 Å². The number of benzene rings is 2. The first-order valence-electron chi connectivity index (χ1n) is 16.7. The van der Waals surface area contributed by atoms with Crippen molar-refractivity contribution in [2.24, 2.45) is 17.8 Å². The van der Waals surface area contributed by atoms with Crippen molar-refractivity contribution in [3.63, 3.8) is 0 Å². The van der Waals surface area contributed by atoms with E-state index in [1.165, 1.54) is 19.3 Å². The van der Waals surface area contributed by atoms with Gasteiger partial charge < -0.3 is 28.5 Å². The van der Waals surface area contributed by atoms with Crippen molar-refractivity contribution < 1.29 is 28.5 Å². The van der Waals surface area contributed by atoms with E-state index in [9.17, 15) is 5.11 Å². The lowest BCUT2D eigenvalue weighted by Crippen LogP contribution is -2.43. The highest BCUT2D eigenvalue weighted by Gasteiger charge is 2.59. The van der Waals surface area contributed by atoms with Crippen LogP contribution in [0.1, 0.15) is 62.5 Å². The molecule has 1 saturated heterocycles. The van der Waals surface area contributed by atoms with Gasteiger partial charge in [-0.25, -0.2) is 0 Å². The fourth-order valence-corrected chi connectivity index (χ4v) is 9.28. The largest absolute Gasteiger partial charge is 0.402 e. The van der Waals surface area contributed by atoms with Crippen molar-refractivity contribution in [2.75, 3.05) is 13.2 Å². The van der Waals surface area contributed by atoms with E-state index in [1.54, 1.807) is 0 Å². The molecule has 0 unspecified atom stereocenters. The molecule has 44 heavy (non-hydrogen) atoms. The number of aliphatic hydroxyl groups is 1. The van der Waals surface area contributed by atoms with Crippen molar-refractivity contribution in [2.45, 2.75) is 114 Å². The number of ether oxygens (including phenoxy) is 4. The van der Waals surface area contributed by atoms with Crippen LogP contribution in [0.3, 0.4) is 0 Å². The molecule has 7 heteroatoms. The summed E-state index contributed by atoms with van der Waals surface area (Å²) in [6.07, 6.45) is 6.99. The first-order chi connectivity index (χ1) is 21.2. The molecule has 3 aliphatic carbocycles. The monoisotopic (exact) mass is 618 g/mol. The predicted octanol–water partition coefficient (Wildman–Crippen LogP) is 6.87. The molecule has 0 aromatic heterocycles. The van der Waals surface area contributed by atoms with E-state index in [2.05, 4.69) is 55.7 Å². The molecule has 6 rings (SSSR count). The van der Waals surface area contributed by atoms with E-state index >= 15 is 0 Å². The summed E-state index contributed by atoms with van der Waals surface area (Å²) in [5.41, 5.74) is 1.93. The molecule has 1 aliphatic heterocycles. The maximum Gasteiger partial charge on any atom is 0.185 e. The lowest BCUT2D eigenvalue weighted by molar-refractivity contribution is -0.183. The zero-order chi connectivity index (χ0) is 30.6. The van der Waals surface area contributed by atoms with Crippen LogP contribution in [-0.4, -0.2) is 56.3 Å². The maximum atomic E-state index is 11.5. The summed E-state index contributed by atoms with van der Waals surface area (Å²) in [7, 11) is -1.75. The third-order valence-corrected chi connectivity index (χ3v) is 10.7. The molecule has 3 saturated carbocycles. The summed E-state index contributed by atoms with van der Waals surface area (Å²) >= 11 is 0. The Morgan fingerprint density at radius 2 is 1.39 bits per heavy atom. The summed E-state index contributed by atoms with van der Waals surface area (Å²) in [5.74, 6) is 6.86. The Balaban J connectivity index is 1.09. The molecule has 4 aliphatic rings. The van der Waals surface area contributed by atoms with Crippen LogP contribution in [0.15, 0.2) is 60.7 Å². The Labute approximate surface area is 264 Å². The molecule has 0 amide bonds. The standard InChI is InChI=1S/C37H50O6Si/c1-44(2,3)43-36(18-11-6-12-19-36)20-17-30-21-31-22-37(23-32(31)35(30)38)41-33(26-39-24-28-13-7-4-8-14-28)34(42-37)27-40-25-29-15-9-5-10-16-29/h4-5,7-10,13-16,30-35,38H,6,11-12,18-19,21-27H2,1-3H3/t30-,31+,32-,33-,34-,35+/m0/s1. The summed E-state index contributed by atoms with van der Waals surface area (Å²) in [6, 6.07) is 20.4. The lowest BCUT2D eigenvalue weighted by atomic mass is 9.85. The fourth-order valence-electron chi connectivity index (χ4n) is 7.85. The summed E-state index contributed by atoms with van der Waals surface area (Å²) in [6.45, 7) is 8.67. The van der Waals surface area contributed by atoms with Gasteiger partial charge in [0.2, 0.25) is 0 Å². The van der Waals surface area contributed by atoms with Gasteiger partial charge >= 0.3 is 0 Å². The predicted molar refractivity (Wildman–Crippen MR) is 173 cm³/mol. The van der Waals surface area contributed by atoms with E-state index in [-0.39, 0.29) is 29.6 Å². The molecule has 4 fully saturated rings. The normalized spacial score (nSPS) is 30.6. The minimum atomic E-state index is -1.75. The van der Waals surface area contributed by atoms with Crippen LogP contribution in [0.5, 0.6) is 0 Å². The highest BCUT2D eigenvalue weighted by molar-refractivity contribution is 6.69. The highest BCUT2D eigenvalue weighted by Crippen LogP contribution is 2.55. The third kappa shape index (κ3) is 7.85. The number of hydrogen-bond acceptors (Lipinski definition) is 6. The van der Waals surface area contributed by atoms with Crippen LogP contribution in [-0.2, 0) is 36.6 Å². The molecular weight excluding hydrogens is 568 g/mol. The van der Waals surface area contributed by atoms with E-state index < -0.39 is 20.2 Å². The van der Waals surface area contributed by atoms with Gasteiger partial charge in [0.1, 0.15) is 17.8 Å². The van der Waals surface area contributed by atoms with Crippen LogP contribution in [0.2, 0.25) is 19.6 Å². The fraction of sp³-hybridized carbons (Fsp3) is 0.622. The number of hydrogen-bond donors (Lipinski definition) is 1. The molecule has 0 bridgehead atoms. The topological polar surface area (TPSA) is 66.4 Å². The molecule has 6 atom stereocenters. The van der Waals surface area contributed by atoms with Crippen LogP contribution in [0, 0.1) is 29.6 Å². The van der Waals surface area contributed by atoms with Gasteiger partial charge in [-0.2, -0.15) is 0 Å². The van der Waals surface area contributed by atoms with Crippen LogP contribution < -0.4 is 0 Å². The number of aliphatic hydroxyl groups excluding tert-OH is 1. The molecule has 6 nitrogen and oxygen atoms in total. The van der Waals surface area contributed by atoms with E-state index in [0.29, 0.717) is 38.8 Å². The van der Waals surface area contributed by atoms with Gasteiger partial charge in [0.25, 0.3) is 0 Å². The molecule has 0 radical (unpaired) electrons. The van der Waals surface area contributed by atoms with Crippen LogP contribution in [0.4, 0.5) is 0 Å². The first kappa shape index (κ1) is 31.9. The number of rotatable bonds is 10. The van der Waals surface area contributed by atoms with Crippen LogP contribution in [0.25, 0.3) is 0 Å². The minimum Gasteiger partial charge on any atom is -0.402 e. The van der Waals surface area contributed by atoms with Crippen molar-refractivity contribution in [3.8, 4) is 11.8 Å². The molecule has 238 valence electrons. The maximum absolute atomic E-state index is 11.5. The smallest absolute Gasteiger partial charge is 0.185 e. The first-order valence-corrected chi connectivity index (χ1v) is 20.1. The SMILES string of the molecule is C[Si](C)(C)OC1(C#C[C@H]2C[C@@H]3CC4(C[C@@H]3[C@@H]2O)O[C@@H](COCc2ccccc2)[C@H](COCc2ccccc2)O4)CCCCC1. The molecule has 1 N–H and O–H groups in total. The molecule has 1 heterocycles. The van der Waals surface area contributed by atoms with Gasteiger partial charge in [0.15, 0.2) is 14.1 Å². The zero-order valence-electron chi connectivity index (χ0n) is 26.7. The summed E-state index contributed by atoms with van der Waals surface area (Å²) < 4.78 is 32.4. The van der Waals surface area contributed by atoms with Gasteiger partial charge in [-0.3, -0.25) is 0 Å². The summed E-state index contributed by atoms with van der Waals surface area (Å²) in [4.78, 5) is 0. The Morgan fingerprint density at radius 1 is 0.818 bits per heavy atom. The van der Waals surface area contributed by atoms with Gasteiger partial charge in [0, 0.05) is 18.8 Å². The summed E-state index contributed by atoms with van der Waals surface area (Å²) in [5, 5.41) is 11.5. The van der Waals surface area contributed by atoms with E-state index in [1.807, 2.05) is 36.4 Å². The Hall–Kier alpha value is -2.02. The third-order valence-electron chi connectivity index (χ3n) is 9.72. The average molecular weight is 619 g/mol. The van der Waals surface area contributed by atoms with Gasteiger partial charge in [0.05, 0.1) is 32.5 Å². The van der Waals surface area contributed by atoms with E-state index in [4.69, 9.17) is 23.4 Å².